The molecular weight excluding hydrogens is 364 g/mol. The maximum atomic E-state index is 12.7. The van der Waals surface area contributed by atoms with Crippen molar-refractivity contribution in [1.29, 1.82) is 0 Å². The molecule has 0 saturated carbocycles. The summed E-state index contributed by atoms with van der Waals surface area (Å²) in [5, 5.41) is 10.2. The van der Waals surface area contributed by atoms with Gasteiger partial charge in [0.15, 0.2) is 0 Å². The number of benzene rings is 2. The van der Waals surface area contributed by atoms with Crippen LogP contribution in [0.2, 0.25) is 0 Å². The van der Waals surface area contributed by atoms with E-state index in [0.29, 0.717) is 11.3 Å². The van der Waals surface area contributed by atoms with Crippen LogP contribution in [0.5, 0.6) is 11.5 Å². The zero-order valence-corrected chi connectivity index (χ0v) is 15.3. The Bertz CT molecular complexity index is 1050. The lowest BCUT2D eigenvalue weighted by Gasteiger charge is -2.13. The quantitative estimate of drug-likeness (QED) is 0.634. The number of rotatable bonds is 6. The molecule has 0 aliphatic rings. The third kappa shape index (κ3) is 4.45. The Labute approximate surface area is 157 Å². The fourth-order valence-electron chi connectivity index (χ4n) is 2.42. The number of pyridine rings is 1. The minimum absolute atomic E-state index is 0.0654. The minimum Gasteiger partial charge on any atom is -0.506 e. The number of ether oxygens (including phenoxy) is 1. The van der Waals surface area contributed by atoms with Crippen molar-refractivity contribution in [2.75, 3.05) is 11.8 Å². The van der Waals surface area contributed by atoms with Crippen LogP contribution in [0, 0.1) is 0 Å². The lowest BCUT2D eigenvalue weighted by atomic mass is 10.1. The van der Waals surface area contributed by atoms with Gasteiger partial charge in [-0.2, -0.15) is 0 Å². The van der Waals surface area contributed by atoms with E-state index < -0.39 is 10.0 Å². The van der Waals surface area contributed by atoms with Crippen molar-refractivity contribution in [1.82, 2.24) is 4.98 Å². The van der Waals surface area contributed by atoms with E-state index in [2.05, 4.69) is 9.71 Å². The predicted octanol–water partition coefficient (Wildman–Crippen LogP) is 3.77. The highest BCUT2D eigenvalue weighted by Gasteiger charge is 2.18. The van der Waals surface area contributed by atoms with Gasteiger partial charge in [-0.3, -0.25) is 9.71 Å². The monoisotopic (exact) mass is 382 g/mol. The van der Waals surface area contributed by atoms with Crippen molar-refractivity contribution in [3.63, 3.8) is 0 Å². The smallest absolute Gasteiger partial charge is 0.262 e. The van der Waals surface area contributed by atoms with Crippen molar-refractivity contribution in [3.8, 4) is 11.5 Å². The molecule has 0 amide bonds. The van der Waals surface area contributed by atoms with Gasteiger partial charge in [-0.15, -0.1) is 0 Å². The number of phenolic OH excluding ortho intramolecular Hbond substituents is 1. The molecule has 3 rings (SSSR count). The molecule has 0 aliphatic heterocycles. The summed E-state index contributed by atoms with van der Waals surface area (Å²) in [5.41, 5.74) is 1.54. The molecule has 6 nitrogen and oxygen atoms in total. The van der Waals surface area contributed by atoms with E-state index in [4.69, 9.17) is 4.74 Å². The summed E-state index contributed by atoms with van der Waals surface area (Å²) in [6.07, 6.45) is 6.85. The number of aromatic nitrogens is 1. The van der Waals surface area contributed by atoms with E-state index in [0.717, 1.165) is 5.56 Å². The fraction of sp³-hybridized carbons (Fsp3) is 0.0500. The van der Waals surface area contributed by atoms with Gasteiger partial charge < -0.3 is 9.84 Å². The Balaban J connectivity index is 1.93. The summed E-state index contributed by atoms with van der Waals surface area (Å²) in [4.78, 5) is 4.02. The van der Waals surface area contributed by atoms with E-state index in [-0.39, 0.29) is 16.3 Å². The molecule has 2 aromatic carbocycles. The normalized spacial score (nSPS) is 11.4. The van der Waals surface area contributed by atoms with Gasteiger partial charge in [0.25, 0.3) is 10.0 Å². The Morgan fingerprint density at radius 3 is 2.37 bits per heavy atom. The second-order valence-electron chi connectivity index (χ2n) is 5.64. The topological polar surface area (TPSA) is 88.5 Å². The molecule has 0 unspecified atom stereocenters. The fourth-order valence-corrected chi connectivity index (χ4v) is 3.52. The zero-order valence-electron chi connectivity index (χ0n) is 14.5. The molecule has 2 N–H and O–H groups in total. The molecule has 0 atom stereocenters. The molecule has 3 aromatic rings. The predicted molar refractivity (Wildman–Crippen MR) is 105 cm³/mol. The van der Waals surface area contributed by atoms with E-state index in [1.165, 1.54) is 25.3 Å². The number of sulfonamides is 1. The Morgan fingerprint density at radius 2 is 1.70 bits per heavy atom. The summed E-state index contributed by atoms with van der Waals surface area (Å²) in [5.74, 6) is 0.390. The van der Waals surface area contributed by atoms with Crippen molar-refractivity contribution >= 4 is 27.9 Å². The number of aromatic hydroxyl groups is 1. The number of anilines is 1. The van der Waals surface area contributed by atoms with Crippen molar-refractivity contribution in [3.05, 3.63) is 78.1 Å². The highest BCUT2D eigenvalue weighted by molar-refractivity contribution is 7.92. The molecular formula is C20H18N2O4S. The number of phenols is 1. The molecule has 0 bridgehead atoms. The van der Waals surface area contributed by atoms with E-state index in [1.807, 2.05) is 18.2 Å². The first kappa shape index (κ1) is 18.5. The third-order valence-corrected chi connectivity index (χ3v) is 5.21. The SMILES string of the molecule is COc1ccc(S(=O)(=O)Nc2c(O)cccc2C=Cc2ccncc2)cc1. The molecule has 0 saturated heterocycles. The molecule has 7 heteroatoms. The summed E-state index contributed by atoms with van der Waals surface area (Å²) < 4.78 is 32.9. The van der Waals surface area contributed by atoms with Crippen LogP contribution in [-0.2, 0) is 10.0 Å². The molecule has 0 fully saturated rings. The van der Waals surface area contributed by atoms with Crippen molar-refractivity contribution < 1.29 is 18.3 Å². The van der Waals surface area contributed by atoms with Crippen LogP contribution in [0.4, 0.5) is 5.69 Å². The van der Waals surface area contributed by atoms with Crippen LogP contribution in [0.15, 0.2) is 71.9 Å². The lowest BCUT2D eigenvalue weighted by molar-refractivity contribution is 0.414. The number of para-hydroxylation sites is 1. The van der Waals surface area contributed by atoms with Gasteiger partial charge in [0.05, 0.1) is 17.7 Å². The van der Waals surface area contributed by atoms with E-state index >= 15 is 0 Å². The van der Waals surface area contributed by atoms with E-state index in [1.54, 1.807) is 42.7 Å². The van der Waals surface area contributed by atoms with Crippen LogP contribution in [-0.4, -0.2) is 25.6 Å². The maximum absolute atomic E-state index is 12.7. The van der Waals surface area contributed by atoms with Gasteiger partial charge in [0, 0.05) is 18.0 Å². The average molecular weight is 382 g/mol. The molecule has 0 radical (unpaired) electrons. The first-order valence-electron chi connectivity index (χ1n) is 8.06. The van der Waals surface area contributed by atoms with Gasteiger partial charge >= 0.3 is 0 Å². The van der Waals surface area contributed by atoms with Gasteiger partial charge in [-0.05, 0) is 48.0 Å². The van der Waals surface area contributed by atoms with Gasteiger partial charge in [-0.1, -0.05) is 24.3 Å². The molecule has 0 aliphatic carbocycles. The van der Waals surface area contributed by atoms with E-state index in [9.17, 15) is 13.5 Å². The maximum Gasteiger partial charge on any atom is 0.262 e. The second kappa shape index (κ2) is 7.92. The number of methoxy groups -OCH3 is 1. The van der Waals surface area contributed by atoms with Crippen LogP contribution < -0.4 is 9.46 Å². The standard InChI is InChI=1S/C20H18N2O4S/c1-26-17-7-9-18(10-8-17)27(24,25)22-20-16(3-2-4-19(20)23)6-5-15-11-13-21-14-12-15/h2-14,22-23H,1H3. The average Bonchev–Trinajstić information content (AvgIpc) is 2.69. The number of nitrogens with zero attached hydrogens (tertiary/aromatic N) is 1. The first-order valence-corrected chi connectivity index (χ1v) is 9.55. The lowest BCUT2D eigenvalue weighted by Crippen LogP contribution is -2.13. The van der Waals surface area contributed by atoms with Crippen LogP contribution in [0.3, 0.4) is 0 Å². The Morgan fingerprint density at radius 1 is 1.00 bits per heavy atom. The second-order valence-corrected chi connectivity index (χ2v) is 7.32. The highest BCUT2D eigenvalue weighted by atomic mass is 32.2. The van der Waals surface area contributed by atoms with Gasteiger partial charge in [-0.25, -0.2) is 8.42 Å². The Kier molecular flexibility index (Phi) is 5.42. The summed E-state index contributed by atoms with van der Waals surface area (Å²) in [7, 11) is -2.37. The van der Waals surface area contributed by atoms with Crippen LogP contribution in [0.1, 0.15) is 11.1 Å². The highest BCUT2D eigenvalue weighted by Crippen LogP contribution is 2.31. The van der Waals surface area contributed by atoms with Gasteiger partial charge in [0.2, 0.25) is 0 Å². The van der Waals surface area contributed by atoms with Crippen LogP contribution >= 0.6 is 0 Å². The third-order valence-electron chi connectivity index (χ3n) is 3.84. The number of nitrogens with one attached hydrogen (secondary N) is 1. The summed E-state index contributed by atoms with van der Waals surface area (Å²) in [6, 6.07) is 14.4. The molecule has 27 heavy (non-hydrogen) atoms. The van der Waals surface area contributed by atoms with Gasteiger partial charge in [0.1, 0.15) is 11.5 Å². The Hall–Kier alpha value is -3.32. The summed E-state index contributed by atoms with van der Waals surface area (Å²) >= 11 is 0. The molecule has 1 heterocycles. The first-order chi connectivity index (χ1) is 13.0. The molecule has 1 aromatic heterocycles. The number of hydrogen-bond donors (Lipinski definition) is 2. The number of hydrogen-bond acceptors (Lipinski definition) is 5. The van der Waals surface area contributed by atoms with Crippen LogP contribution in [0.25, 0.3) is 12.2 Å². The summed E-state index contributed by atoms with van der Waals surface area (Å²) in [6.45, 7) is 0. The zero-order chi connectivity index (χ0) is 19.3. The van der Waals surface area contributed by atoms with Crippen molar-refractivity contribution in [2.45, 2.75) is 4.90 Å². The molecule has 138 valence electrons. The molecule has 0 spiro atoms. The van der Waals surface area contributed by atoms with Crippen molar-refractivity contribution in [2.24, 2.45) is 0 Å². The minimum atomic E-state index is -3.88. The largest absolute Gasteiger partial charge is 0.506 e.